The maximum Gasteiger partial charge on any atom is 0.160 e. The molecule has 2 aromatic rings. The zero-order chi connectivity index (χ0) is 15.1. The molecule has 3 N–H and O–H groups in total. The minimum atomic E-state index is 0.169. The molecule has 0 aromatic heterocycles. The van der Waals surface area contributed by atoms with E-state index in [4.69, 9.17) is 10.5 Å². The van der Waals surface area contributed by atoms with Crippen LogP contribution in [0.1, 0.15) is 11.1 Å². The van der Waals surface area contributed by atoms with Gasteiger partial charge in [0.05, 0.1) is 7.11 Å². The predicted molar refractivity (Wildman–Crippen MR) is 84.3 cm³/mol. The summed E-state index contributed by atoms with van der Waals surface area (Å²) in [5.41, 5.74) is 7.99. The van der Waals surface area contributed by atoms with Gasteiger partial charge in [0, 0.05) is 26.2 Å². The molecule has 2 aromatic carbocycles. The number of benzene rings is 2. The van der Waals surface area contributed by atoms with Crippen molar-refractivity contribution >= 4 is 0 Å². The fourth-order valence-corrected chi connectivity index (χ4v) is 2.33. The second-order valence-electron chi connectivity index (χ2n) is 4.99. The van der Waals surface area contributed by atoms with Crippen molar-refractivity contribution in [1.29, 1.82) is 0 Å². The van der Waals surface area contributed by atoms with Gasteiger partial charge in [0.25, 0.3) is 0 Å². The average molecular weight is 286 g/mol. The molecule has 0 saturated carbocycles. The Morgan fingerprint density at radius 1 is 1.05 bits per heavy atom. The van der Waals surface area contributed by atoms with Gasteiger partial charge in [-0.3, -0.25) is 4.90 Å². The van der Waals surface area contributed by atoms with E-state index in [1.807, 2.05) is 24.3 Å². The summed E-state index contributed by atoms with van der Waals surface area (Å²) in [6.45, 7) is 2.99. The zero-order valence-electron chi connectivity index (χ0n) is 12.3. The molecule has 0 aliphatic rings. The number of ether oxygens (including phenoxy) is 1. The van der Waals surface area contributed by atoms with Crippen LogP contribution in [0, 0.1) is 0 Å². The number of hydrogen-bond donors (Lipinski definition) is 2. The summed E-state index contributed by atoms with van der Waals surface area (Å²) in [5.74, 6) is 0.662. The molecule has 0 aliphatic heterocycles. The molecule has 21 heavy (non-hydrogen) atoms. The van der Waals surface area contributed by atoms with Gasteiger partial charge >= 0.3 is 0 Å². The molecular formula is C17H22N2O2. The maximum atomic E-state index is 9.86. The number of nitrogens with zero attached hydrogens (tertiary/aromatic N) is 1. The van der Waals surface area contributed by atoms with Gasteiger partial charge in [0.1, 0.15) is 0 Å². The molecule has 0 spiro atoms. The van der Waals surface area contributed by atoms with Crippen LogP contribution in [0.5, 0.6) is 11.5 Å². The van der Waals surface area contributed by atoms with Crippen LogP contribution < -0.4 is 10.5 Å². The summed E-state index contributed by atoms with van der Waals surface area (Å²) in [4.78, 5) is 2.26. The summed E-state index contributed by atoms with van der Waals surface area (Å²) in [5, 5.41) is 9.86. The first kappa shape index (κ1) is 15.4. The van der Waals surface area contributed by atoms with Crippen LogP contribution in [0.25, 0.3) is 0 Å². The topological polar surface area (TPSA) is 58.7 Å². The smallest absolute Gasteiger partial charge is 0.160 e. The Morgan fingerprint density at radius 3 is 2.38 bits per heavy atom. The van der Waals surface area contributed by atoms with Crippen LogP contribution in [-0.4, -0.2) is 30.2 Å². The van der Waals surface area contributed by atoms with E-state index in [2.05, 4.69) is 17.0 Å². The van der Waals surface area contributed by atoms with Crippen molar-refractivity contribution < 1.29 is 9.84 Å². The first-order chi connectivity index (χ1) is 10.2. The predicted octanol–water partition coefficient (Wildman–Crippen LogP) is 2.36. The minimum Gasteiger partial charge on any atom is -0.504 e. The first-order valence-corrected chi connectivity index (χ1v) is 7.05. The Kier molecular flexibility index (Phi) is 5.60. The standard InChI is InChI=1S/C17H22N2O2/c1-21-17-8-7-15(11-16(17)20)13-19(10-9-18)12-14-5-3-2-4-6-14/h2-8,11,20H,9-10,12-13,18H2,1H3. The van der Waals surface area contributed by atoms with Crippen molar-refractivity contribution in [3.05, 3.63) is 59.7 Å². The minimum absolute atomic E-state index is 0.169. The van der Waals surface area contributed by atoms with E-state index in [1.54, 1.807) is 19.2 Å². The third kappa shape index (κ3) is 4.48. The second-order valence-corrected chi connectivity index (χ2v) is 4.99. The second kappa shape index (κ2) is 7.67. The van der Waals surface area contributed by atoms with Crippen LogP contribution in [0.2, 0.25) is 0 Å². The number of rotatable bonds is 7. The van der Waals surface area contributed by atoms with Gasteiger partial charge in [-0.15, -0.1) is 0 Å². The fourth-order valence-electron chi connectivity index (χ4n) is 2.33. The van der Waals surface area contributed by atoms with E-state index in [0.717, 1.165) is 25.2 Å². The number of phenols is 1. The normalized spacial score (nSPS) is 10.8. The number of nitrogens with two attached hydrogens (primary N) is 1. The Morgan fingerprint density at radius 2 is 1.76 bits per heavy atom. The van der Waals surface area contributed by atoms with Gasteiger partial charge in [-0.2, -0.15) is 0 Å². The highest BCUT2D eigenvalue weighted by Gasteiger charge is 2.08. The van der Waals surface area contributed by atoms with E-state index in [1.165, 1.54) is 5.56 Å². The van der Waals surface area contributed by atoms with Crippen LogP contribution >= 0.6 is 0 Å². The lowest BCUT2D eigenvalue weighted by molar-refractivity contribution is 0.263. The molecule has 0 heterocycles. The largest absolute Gasteiger partial charge is 0.504 e. The van der Waals surface area contributed by atoms with E-state index in [0.29, 0.717) is 12.3 Å². The molecule has 4 heteroatoms. The number of hydrogen-bond acceptors (Lipinski definition) is 4. The van der Waals surface area contributed by atoms with Crippen LogP contribution in [0.15, 0.2) is 48.5 Å². The van der Waals surface area contributed by atoms with Crippen molar-refractivity contribution in [2.24, 2.45) is 5.73 Å². The van der Waals surface area contributed by atoms with E-state index < -0.39 is 0 Å². The molecule has 112 valence electrons. The SMILES string of the molecule is COc1ccc(CN(CCN)Cc2ccccc2)cc1O. The van der Waals surface area contributed by atoms with Gasteiger partial charge in [-0.25, -0.2) is 0 Å². The Hall–Kier alpha value is -2.04. The van der Waals surface area contributed by atoms with Gasteiger partial charge in [0.2, 0.25) is 0 Å². The molecule has 2 rings (SSSR count). The molecule has 0 fully saturated rings. The number of aromatic hydroxyl groups is 1. The van der Waals surface area contributed by atoms with Crippen molar-refractivity contribution in [2.75, 3.05) is 20.2 Å². The highest BCUT2D eigenvalue weighted by atomic mass is 16.5. The lowest BCUT2D eigenvalue weighted by atomic mass is 10.1. The van der Waals surface area contributed by atoms with E-state index in [-0.39, 0.29) is 5.75 Å². The van der Waals surface area contributed by atoms with Crippen LogP contribution in [0.4, 0.5) is 0 Å². The van der Waals surface area contributed by atoms with Crippen molar-refractivity contribution in [3.8, 4) is 11.5 Å². The lowest BCUT2D eigenvalue weighted by Crippen LogP contribution is -2.28. The first-order valence-electron chi connectivity index (χ1n) is 7.05. The molecular weight excluding hydrogens is 264 g/mol. The zero-order valence-corrected chi connectivity index (χ0v) is 12.3. The number of phenolic OH excluding ortho intramolecular Hbond substituents is 1. The highest BCUT2D eigenvalue weighted by Crippen LogP contribution is 2.26. The average Bonchev–Trinajstić information content (AvgIpc) is 2.49. The Labute approximate surface area is 125 Å². The fraction of sp³-hybridized carbons (Fsp3) is 0.294. The molecule has 0 amide bonds. The van der Waals surface area contributed by atoms with Gasteiger partial charge in [0.15, 0.2) is 11.5 Å². The van der Waals surface area contributed by atoms with E-state index in [9.17, 15) is 5.11 Å². The molecule has 0 atom stereocenters. The monoisotopic (exact) mass is 286 g/mol. The highest BCUT2D eigenvalue weighted by molar-refractivity contribution is 5.41. The van der Waals surface area contributed by atoms with Crippen LogP contribution in [0.3, 0.4) is 0 Å². The quantitative estimate of drug-likeness (QED) is 0.820. The summed E-state index contributed by atoms with van der Waals surface area (Å²) < 4.78 is 5.06. The number of methoxy groups -OCH3 is 1. The van der Waals surface area contributed by atoms with Crippen LogP contribution in [-0.2, 0) is 13.1 Å². The third-order valence-corrected chi connectivity index (χ3v) is 3.34. The summed E-state index contributed by atoms with van der Waals surface area (Å²) >= 11 is 0. The van der Waals surface area contributed by atoms with Gasteiger partial charge < -0.3 is 15.6 Å². The maximum absolute atomic E-state index is 9.86. The molecule has 0 radical (unpaired) electrons. The summed E-state index contributed by atoms with van der Waals surface area (Å²) in [7, 11) is 1.55. The molecule has 4 nitrogen and oxygen atoms in total. The molecule has 0 unspecified atom stereocenters. The lowest BCUT2D eigenvalue weighted by Gasteiger charge is -2.22. The Bertz CT molecular complexity index is 558. The van der Waals surface area contributed by atoms with Gasteiger partial charge in [-0.05, 0) is 23.3 Å². The van der Waals surface area contributed by atoms with Crippen molar-refractivity contribution in [1.82, 2.24) is 4.90 Å². The molecule has 0 saturated heterocycles. The Balaban J connectivity index is 2.07. The van der Waals surface area contributed by atoms with Gasteiger partial charge in [-0.1, -0.05) is 36.4 Å². The van der Waals surface area contributed by atoms with Crippen molar-refractivity contribution in [2.45, 2.75) is 13.1 Å². The van der Waals surface area contributed by atoms with Crippen molar-refractivity contribution in [3.63, 3.8) is 0 Å². The third-order valence-electron chi connectivity index (χ3n) is 3.34. The van der Waals surface area contributed by atoms with E-state index >= 15 is 0 Å². The summed E-state index contributed by atoms with van der Waals surface area (Å²) in [6.07, 6.45) is 0. The molecule has 0 aliphatic carbocycles. The summed E-state index contributed by atoms with van der Waals surface area (Å²) in [6, 6.07) is 15.8. The molecule has 0 bridgehead atoms.